The summed E-state index contributed by atoms with van der Waals surface area (Å²) in [6.07, 6.45) is 3.50. The third kappa shape index (κ3) is 2.97. The summed E-state index contributed by atoms with van der Waals surface area (Å²) in [6, 6.07) is 8.78. The number of aryl methyl sites for hydroxylation is 1. The molecule has 1 aliphatic heterocycles. The van der Waals surface area contributed by atoms with Gasteiger partial charge in [0.15, 0.2) is 0 Å². The minimum atomic E-state index is 0.288. The molecule has 2 unspecified atom stereocenters. The normalized spacial score (nSPS) is 20.8. The van der Waals surface area contributed by atoms with Crippen molar-refractivity contribution in [2.45, 2.75) is 32.2 Å². The van der Waals surface area contributed by atoms with Gasteiger partial charge in [0.1, 0.15) is 0 Å². The van der Waals surface area contributed by atoms with Crippen LogP contribution in [0.1, 0.15) is 37.9 Å². The molecule has 1 aromatic carbocycles. The molecule has 0 aliphatic carbocycles. The van der Waals surface area contributed by atoms with Crippen molar-refractivity contribution in [3.8, 4) is 0 Å². The Morgan fingerprint density at radius 3 is 3.05 bits per heavy atom. The number of fused-ring (bicyclic) bond motifs is 1. The van der Waals surface area contributed by atoms with Crippen molar-refractivity contribution in [3.05, 3.63) is 30.0 Å². The summed E-state index contributed by atoms with van der Waals surface area (Å²) in [5.41, 5.74) is 2.38. The number of para-hydroxylation sites is 1. The Kier molecular flexibility index (Phi) is 4.56. The van der Waals surface area contributed by atoms with Gasteiger partial charge in [-0.2, -0.15) is 5.10 Å². The third-order valence-corrected chi connectivity index (χ3v) is 4.36. The quantitative estimate of drug-likeness (QED) is 0.918. The Morgan fingerprint density at radius 1 is 1.43 bits per heavy atom. The van der Waals surface area contributed by atoms with Crippen molar-refractivity contribution in [1.82, 2.24) is 15.1 Å². The standard InChI is InChI=1S/C17H25N3O/c1-3-10-18-16(13-7-6-11-21-12-13)17-14-8-4-5-9-15(14)20(2)19-17/h4-5,8-9,13,16,18H,3,6-7,10-12H2,1-2H3. The summed E-state index contributed by atoms with van der Waals surface area (Å²) < 4.78 is 7.70. The Morgan fingerprint density at radius 2 is 2.29 bits per heavy atom. The zero-order chi connectivity index (χ0) is 14.7. The molecule has 1 N–H and O–H groups in total. The van der Waals surface area contributed by atoms with Crippen LogP contribution in [0.4, 0.5) is 0 Å². The second-order valence-electron chi connectivity index (χ2n) is 5.94. The lowest BCUT2D eigenvalue weighted by Crippen LogP contribution is -2.34. The molecule has 0 amide bonds. The van der Waals surface area contributed by atoms with Crippen LogP contribution >= 0.6 is 0 Å². The highest BCUT2D eigenvalue weighted by Gasteiger charge is 2.28. The van der Waals surface area contributed by atoms with Crippen molar-refractivity contribution in [2.75, 3.05) is 19.8 Å². The third-order valence-electron chi connectivity index (χ3n) is 4.36. The van der Waals surface area contributed by atoms with Gasteiger partial charge >= 0.3 is 0 Å². The molecule has 1 fully saturated rings. The first-order valence-electron chi connectivity index (χ1n) is 8.04. The number of hydrogen-bond acceptors (Lipinski definition) is 3. The van der Waals surface area contributed by atoms with E-state index in [9.17, 15) is 0 Å². The van der Waals surface area contributed by atoms with E-state index in [1.807, 2.05) is 11.7 Å². The topological polar surface area (TPSA) is 39.1 Å². The maximum atomic E-state index is 5.71. The van der Waals surface area contributed by atoms with Gasteiger partial charge < -0.3 is 10.1 Å². The van der Waals surface area contributed by atoms with Crippen molar-refractivity contribution in [2.24, 2.45) is 13.0 Å². The van der Waals surface area contributed by atoms with Crippen LogP contribution in [0, 0.1) is 5.92 Å². The van der Waals surface area contributed by atoms with E-state index in [-0.39, 0.29) is 6.04 Å². The number of benzene rings is 1. The lowest BCUT2D eigenvalue weighted by Gasteiger charge is -2.30. The van der Waals surface area contributed by atoms with Gasteiger partial charge in [-0.3, -0.25) is 4.68 Å². The Labute approximate surface area is 126 Å². The second kappa shape index (κ2) is 6.58. The van der Waals surface area contributed by atoms with Crippen molar-refractivity contribution in [1.29, 1.82) is 0 Å². The molecule has 114 valence electrons. The van der Waals surface area contributed by atoms with Gasteiger partial charge in [-0.05, 0) is 31.9 Å². The maximum absolute atomic E-state index is 5.71. The monoisotopic (exact) mass is 287 g/mol. The number of ether oxygens (including phenoxy) is 1. The number of hydrogen-bond donors (Lipinski definition) is 1. The molecule has 1 aliphatic rings. The second-order valence-corrected chi connectivity index (χ2v) is 5.94. The SMILES string of the molecule is CCCNC(c1nn(C)c2ccccc12)C1CCCOC1. The molecular weight excluding hydrogens is 262 g/mol. The zero-order valence-corrected chi connectivity index (χ0v) is 13.0. The van der Waals surface area contributed by atoms with Crippen LogP contribution in [0.25, 0.3) is 10.9 Å². The molecule has 2 atom stereocenters. The van der Waals surface area contributed by atoms with Gasteiger partial charge in [0.2, 0.25) is 0 Å². The van der Waals surface area contributed by atoms with E-state index >= 15 is 0 Å². The van der Waals surface area contributed by atoms with Gasteiger partial charge in [0.25, 0.3) is 0 Å². The fourth-order valence-corrected chi connectivity index (χ4v) is 3.29. The van der Waals surface area contributed by atoms with E-state index in [0.29, 0.717) is 5.92 Å². The molecule has 0 saturated carbocycles. The van der Waals surface area contributed by atoms with Crippen molar-refractivity contribution >= 4 is 10.9 Å². The van der Waals surface area contributed by atoms with E-state index < -0.39 is 0 Å². The van der Waals surface area contributed by atoms with Crippen molar-refractivity contribution < 1.29 is 4.74 Å². The number of nitrogens with one attached hydrogen (secondary N) is 1. The van der Waals surface area contributed by atoms with Gasteiger partial charge in [-0.25, -0.2) is 0 Å². The van der Waals surface area contributed by atoms with Gasteiger partial charge in [0, 0.05) is 25.0 Å². The van der Waals surface area contributed by atoms with E-state index in [0.717, 1.165) is 32.6 Å². The van der Waals surface area contributed by atoms with Crippen LogP contribution in [0.2, 0.25) is 0 Å². The zero-order valence-electron chi connectivity index (χ0n) is 13.0. The van der Waals surface area contributed by atoms with Crippen LogP contribution in [0.3, 0.4) is 0 Å². The first-order valence-corrected chi connectivity index (χ1v) is 8.04. The first kappa shape index (κ1) is 14.5. The lowest BCUT2D eigenvalue weighted by atomic mass is 9.90. The average molecular weight is 287 g/mol. The molecule has 2 aromatic rings. The Hall–Kier alpha value is -1.39. The molecule has 4 nitrogen and oxygen atoms in total. The summed E-state index contributed by atoms with van der Waals surface area (Å²) in [5.74, 6) is 0.517. The first-order chi connectivity index (χ1) is 10.3. The molecule has 1 aromatic heterocycles. The predicted octanol–water partition coefficient (Wildman–Crippen LogP) is 3.04. The molecule has 3 rings (SSSR count). The fraction of sp³-hybridized carbons (Fsp3) is 0.588. The van der Waals surface area contributed by atoms with Gasteiger partial charge in [-0.1, -0.05) is 25.1 Å². The minimum absolute atomic E-state index is 0.288. The molecule has 4 heteroatoms. The van der Waals surface area contributed by atoms with Gasteiger partial charge in [0.05, 0.1) is 23.9 Å². The van der Waals surface area contributed by atoms with Crippen molar-refractivity contribution in [3.63, 3.8) is 0 Å². The highest BCUT2D eigenvalue weighted by molar-refractivity contribution is 5.82. The van der Waals surface area contributed by atoms with E-state index in [4.69, 9.17) is 9.84 Å². The van der Waals surface area contributed by atoms with E-state index in [2.05, 4.69) is 36.5 Å². The average Bonchev–Trinajstić information content (AvgIpc) is 2.87. The summed E-state index contributed by atoms with van der Waals surface area (Å²) in [7, 11) is 2.03. The highest BCUT2D eigenvalue weighted by atomic mass is 16.5. The number of aromatic nitrogens is 2. The summed E-state index contributed by atoms with van der Waals surface area (Å²) in [6.45, 7) is 4.97. The summed E-state index contributed by atoms with van der Waals surface area (Å²) in [4.78, 5) is 0. The molecule has 2 heterocycles. The molecule has 0 bridgehead atoms. The highest BCUT2D eigenvalue weighted by Crippen LogP contribution is 2.32. The molecule has 0 spiro atoms. The van der Waals surface area contributed by atoms with E-state index in [1.54, 1.807) is 0 Å². The van der Waals surface area contributed by atoms with Crippen LogP contribution < -0.4 is 5.32 Å². The fourth-order valence-electron chi connectivity index (χ4n) is 3.29. The number of nitrogens with zero attached hydrogens (tertiary/aromatic N) is 2. The minimum Gasteiger partial charge on any atom is -0.381 e. The molecule has 1 saturated heterocycles. The van der Waals surface area contributed by atoms with Crippen LogP contribution in [0.15, 0.2) is 24.3 Å². The lowest BCUT2D eigenvalue weighted by molar-refractivity contribution is 0.0385. The molecule has 21 heavy (non-hydrogen) atoms. The largest absolute Gasteiger partial charge is 0.381 e. The Bertz CT molecular complexity index is 587. The van der Waals surface area contributed by atoms with E-state index in [1.165, 1.54) is 23.0 Å². The predicted molar refractivity (Wildman–Crippen MR) is 85.3 cm³/mol. The smallest absolute Gasteiger partial charge is 0.0876 e. The van der Waals surface area contributed by atoms with Gasteiger partial charge in [-0.15, -0.1) is 0 Å². The molecule has 0 radical (unpaired) electrons. The molecular formula is C17H25N3O. The summed E-state index contributed by atoms with van der Waals surface area (Å²) in [5, 5.41) is 9.78. The summed E-state index contributed by atoms with van der Waals surface area (Å²) >= 11 is 0. The number of rotatable bonds is 5. The Balaban J connectivity index is 1.96. The van der Waals surface area contributed by atoms with Crippen LogP contribution in [-0.4, -0.2) is 29.5 Å². The van der Waals surface area contributed by atoms with Crippen LogP contribution in [0.5, 0.6) is 0 Å². The maximum Gasteiger partial charge on any atom is 0.0876 e. The van der Waals surface area contributed by atoms with Crippen LogP contribution in [-0.2, 0) is 11.8 Å².